The minimum absolute atomic E-state index is 0.284. The SMILES string of the molecule is O=C(Oc1cccc(C=NNC(=O)c2ccccc2OCc2ccc(Cl)cc2)c1)c1ccc(Cl)cc1. The number of hydrogen-bond donors (Lipinski definition) is 1. The second-order valence-electron chi connectivity index (χ2n) is 7.58. The highest BCUT2D eigenvalue weighted by Gasteiger charge is 2.12. The number of para-hydroxylation sites is 1. The number of rotatable bonds is 8. The van der Waals surface area contributed by atoms with Gasteiger partial charge >= 0.3 is 5.97 Å². The van der Waals surface area contributed by atoms with Gasteiger partial charge < -0.3 is 9.47 Å². The van der Waals surface area contributed by atoms with Crippen LogP contribution in [-0.4, -0.2) is 18.1 Å². The first-order chi connectivity index (χ1) is 17.5. The number of amides is 1. The molecule has 4 aromatic carbocycles. The lowest BCUT2D eigenvalue weighted by atomic mass is 10.2. The summed E-state index contributed by atoms with van der Waals surface area (Å²) in [6.45, 7) is 0.284. The highest BCUT2D eigenvalue weighted by molar-refractivity contribution is 6.30. The topological polar surface area (TPSA) is 77.0 Å². The van der Waals surface area contributed by atoms with E-state index in [0.29, 0.717) is 38.2 Å². The van der Waals surface area contributed by atoms with E-state index in [1.54, 1.807) is 84.9 Å². The van der Waals surface area contributed by atoms with Gasteiger partial charge in [0.1, 0.15) is 18.1 Å². The third-order valence-electron chi connectivity index (χ3n) is 4.97. The Bertz CT molecular complexity index is 1390. The van der Waals surface area contributed by atoms with Crippen molar-refractivity contribution < 1.29 is 19.1 Å². The summed E-state index contributed by atoms with van der Waals surface area (Å²) in [5.74, 6) is -0.171. The van der Waals surface area contributed by atoms with E-state index < -0.39 is 11.9 Å². The minimum Gasteiger partial charge on any atom is -0.488 e. The molecule has 0 bridgehead atoms. The quantitative estimate of drug-likeness (QED) is 0.124. The van der Waals surface area contributed by atoms with Gasteiger partial charge in [-0.05, 0) is 71.8 Å². The summed E-state index contributed by atoms with van der Waals surface area (Å²) in [5.41, 5.74) is 4.77. The lowest BCUT2D eigenvalue weighted by molar-refractivity contribution is 0.0734. The Kier molecular flexibility index (Phi) is 8.34. The number of carbonyl (C=O) groups is 2. The molecule has 6 nitrogen and oxygen atoms in total. The van der Waals surface area contributed by atoms with Gasteiger partial charge in [-0.15, -0.1) is 0 Å². The van der Waals surface area contributed by atoms with E-state index in [4.69, 9.17) is 32.7 Å². The molecular weight excluding hydrogens is 499 g/mol. The average Bonchev–Trinajstić information content (AvgIpc) is 2.89. The van der Waals surface area contributed by atoms with Gasteiger partial charge in [0.2, 0.25) is 0 Å². The molecule has 1 amide bonds. The van der Waals surface area contributed by atoms with Crippen LogP contribution in [0.2, 0.25) is 10.0 Å². The van der Waals surface area contributed by atoms with Crippen molar-refractivity contribution in [3.63, 3.8) is 0 Å². The molecule has 0 spiro atoms. The number of hydrogen-bond acceptors (Lipinski definition) is 5. The number of halogens is 2. The second kappa shape index (κ2) is 12.0. The maximum Gasteiger partial charge on any atom is 0.343 e. The molecule has 0 saturated carbocycles. The van der Waals surface area contributed by atoms with Gasteiger partial charge in [-0.25, -0.2) is 10.2 Å². The number of benzene rings is 4. The summed E-state index contributed by atoms with van der Waals surface area (Å²) in [4.78, 5) is 25.0. The van der Waals surface area contributed by atoms with Crippen LogP contribution in [0.1, 0.15) is 31.8 Å². The fourth-order valence-electron chi connectivity index (χ4n) is 3.16. The Morgan fingerprint density at radius 2 is 1.53 bits per heavy atom. The van der Waals surface area contributed by atoms with Gasteiger partial charge in [0.25, 0.3) is 5.91 Å². The van der Waals surface area contributed by atoms with Crippen molar-refractivity contribution in [2.24, 2.45) is 5.10 Å². The summed E-state index contributed by atoms with van der Waals surface area (Å²) in [6, 6.07) is 27.3. The molecule has 0 aliphatic carbocycles. The molecular formula is C28H20Cl2N2O4. The molecule has 0 fully saturated rings. The maximum atomic E-state index is 12.7. The van der Waals surface area contributed by atoms with Crippen LogP contribution >= 0.6 is 23.2 Å². The number of nitrogens with one attached hydrogen (secondary N) is 1. The first kappa shape index (κ1) is 25.0. The van der Waals surface area contributed by atoms with Gasteiger partial charge in [0.05, 0.1) is 17.3 Å². The van der Waals surface area contributed by atoms with Gasteiger partial charge in [-0.1, -0.05) is 59.6 Å². The average molecular weight is 519 g/mol. The third-order valence-corrected chi connectivity index (χ3v) is 5.47. The number of hydrazone groups is 1. The van der Waals surface area contributed by atoms with Crippen molar-refractivity contribution in [1.82, 2.24) is 5.43 Å². The Morgan fingerprint density at radius 3 is 2.28 bits per heavy atom. The van der Waals surface area contributed by atoms with Gasteiger partial charge in [-0.2, -0.15) is 5.10 Å². The fraction of sp³-hybridized carbons (Fsp3) is 0.0357. The molecule has 4 rings (SSSR count). The third kappa shape index (κ3) is 6.95. The van der Waals surface area contributed by atoms with Crippen molar-refractivity contribution in [1.29, 1.82) is 0 Å². The monoisotopic (exact) mass is 518 g/mol. The second-order valence-corrected chi connectivity index (χ2v) is 8.45. The molecule has 1 N–H and O–H groups in total. The predicted molar refractivity (Wildman–Crippen MR) is 140 cm³/mol. The molecule has 0 radical (unpaired) electrons. The van der Waals surface area contributed by atoms with Crippen LogP contribution in [0.5, 0.6) is 11.5 Å². The minimum atomic E-state index is -0.510. The molecule has 0 unspecified atom stereocenters. The van der Waals surface area contributed by atoms with E-state index in [1.165, 1.54) is 6.21 Å². The molecule has 0 aromatic heterocycles. The van der Waals surface area contributed by atoms with E-state index in [2.05, 4.69) is 10.5 Å². The Morgan fingerprint density at radius 1 is 0.833 bits per heavy atom. The zero-order valence-corrected chi connectivity index (χ0v) is 20.4. The van der Waals surface area contributed by atoms with Crippen molar-refractivity contribution in [3.8, 4) is 11.5 Å². The summed E-state index contributed by atoms with van der Waals surface area (Å²) in [5, 5.41) is 5.20. The van der Waals surface area contributed by atoms with Crippen molar-refractivity contribution in [2.75, 3.05) is 0 Å². The predicted octanol–water partition coefficient (Wildman–Crippen LogP) is 6.56. The van der Waals surface area contributed by atoms with Crippen LogP contribution in [0, 0.1) is 0 Å². The Hall–Kier alpha value is -4.13. The molecule has 8 heteroatoms. The molecule has 0 aliphatic rings. The smallest absolute Gasteiger partial charge is 0.343 e. The van der Waals surface area contributed by atoms with Crippen LogP contribution in [0.15, 0.2) is 102 Å². The number of ether oxygens (including phenoxy) is 2. The van der Waals surface area contributed by atoms with Gasteiger partial charge in [-0.3, -0.25) is 4.79 Å². The summed E-state index contributed by atoms with van der Waals surface area (Å²) in [7, 11) is 0. The maximum absolute atomic E-state index is 12.7. The molecule has 0 atom stereocenters. The standard InChI is InChI=1S/C28H20Cl2N2O4/c29-22-12-8-19(9-13-22)18-35-26-7-2-1-6-25(26)27(33)32-31-17-20-4-3-5-24(16-20)36-28(34)21-10-14-23(30)15-11-21/h1-17H,18H2,(H,32,33). The number of carbonyl (C=O) groups excluding carboxylic acids is 2. The van der Waals surface area contributed by atoms with E-state index in [0.717, 1.165) is 5.56 Å². The molecule has 180 valence electrons. The van der Waals surface area contributed by atoms with Crippen LogP contribution in [0.4, 0.5) is 0 Å². The van der Waals surface area contributed by atoms with E-state index in [-0.39, 0.29) is 6.61 Å². The fourth-order valence-corrected chi connectivity index (χ4v) is 3.41. The van der Waals surface area contributed by atoms with Crippen LogP contribution < -0.4 is 14.9 Å². The van der Waals surface area contributed by atoms with Crippen LogP contribution in [-0.2, 0) is 6.61 Å². The van der Waals surface area contributed by atoms with E-state index in [9.17, 15) is 9.59 Å². The van der Waals surface area contributed by atoms with Crippen LogP contribution in [0.3, 0.4) is 0 Å². The number of nitrogens with zero attached hydrogens (tertiary/aromatic N) is 1. The van der Waals surface area contributed by atoms with Crippen LogP contribution in [0.25, 0.3) is 0 Å². The van der Waals surface area contributed by atoms with Crippen molar-refractivity contribution in [3.05, 3.63) is 129 Å². The molecule has 0 heterocycles. The lowest BCUT2D eigenvalue weighted by Crippen LogP contribution is -2.18. The van der Waals surface area contributed by atoms with E-state index >= 15 is 0 Å². The zero-order chi connectivity index (χ0) is 25.3. The summed E-state index contributed by atoms with van der Waals surface area (Å²) >= 11 is 11.8. The van der Waals surface area contributed by atoms with Crippen molar-refractivity contribution in [2.45, 2.75) is 6.61 Å². The van der Waals surface area contributed by atoms with E-state index in [1.807, 2.05) is 12.1 Å². The highest BCUT2D eigenvalue weighted by Crippen LogP contribution is 2.20. The van der Waals surface area contributed by atoms with Gasteiger partial charge in [0, 0.05) is 10.0 Å². The number of esters is 1. The summed E-state index contributed by atoms with van der Waals surface area (Å²) in [6.07, 6.45) is 1.45. The first-order valence-corrected chi connectivity index (χ1v) is 11.6. The highest BCUT2D eigenvalue weighted by atomic mass is 35.5. The normalized spacial score (nSPS) is 10.7. The Balaban J connectivity index is 1.36. The largest absolute Gasteiger partial charge is 0.488 e. The van der Waals surface area contributed by atoms with Crippen molar-refractivity contribution >= 4 is 41.3 Å². The lowest BCUT2D eigenvalue weighted by Gasteiger charge is -2.10. The molecule has 4 aromatic rings. The molecule has 36 heavy (non-hydrogen) atoms. The Labute approximate surface area is 218 Å². The first-order valence-electron chi connectivity index (χ1n) is 10.9. The zero-order valence-electron chi connectivity index (χ0n) is 18.9. The molecule has 0 aliphatic heterocycles. The van der Waals surface area contributed by atoms with Gasteiger partial charge in [0.15, 0.2) is 0 Å². The summed E-state index contributed by atoms with van der Waals surface area (Å²) < 4.78 is 11.2. The molecule has 0 saturated heterocycles.